The Hall–Kier alpha value is -2.16. The summed E-state index contributed by atoms with van der Waals surface area (Å²) >= 11 is 0. The standard InChI is InChI=1S/C15H18N3/c1-17(2)15-8-5-13(6-9-15)4-7-14-10-11-18(3)12-16-14/h4-12H,1-3H3/q+1. The SMILES string of the molecule is CN(C)c1ccc(C=Cc2cc[n+](C)cn2)cc1. The Bertz CT molecular complexity index is 525. The zero-order valence-corrected chi connectivity index (χ0v) is 11.0. The number of aromatic nitrogens is 2. The molecule has 0 spiro atoms. The number of nitrogens with zero attached hydrogens (tertiary/aromatic N) is 3. The highest BCUT2D eigenvalue weighted by molar-refractivity contribution is 5.68. The zero-order chi connectivity index (χ0) is 13.0. The molecule has 0 N–H and O–H groups in total. The number of benzene rings is 1. The molecule has 3 heteroatoms. The monoisotopic (exact) mass is 240 g/mol. The topological polar surface area (TPSA) is 20.0 Å². The van der Waals surface area contributed by atoms with Crippen LogP contribution in [0, 0.1) is 0 Å². The second-order valence-electron chi connectivity index (χ2n) is 4.47. The van der Waals surface area contributed by atoms with Gasteiger partial charge in [0.2, 0.25) is 0 Å². The first-order valence-corrected chi connectivity index (χ1v) is 5.92. The molecule has 0 atom stereocenters. The Balaban J connectivity index is 2.11. The fraction of sp³-hybridized carbons (Fsp3) is 0.200. The molecular weight excluding hydrogens is 222 g/mol. The molecule has 0 fully saturated rings. The first kappa shape index (κ1) is 12.3. The van der Waals surface area contributed by atoms with Gasteiger partial charge >= 0.3 is 0 Å². The van der Waals surface area contributed by atoms with E-state index in [1.807, 2.05) is 44.0 Å². The van der Waals surface area contributed by atoms with Gasteiger partial charge in [-0.1, -0.05) is 18.2 Å². The van der Waals surface area contributed by atoms with Crippen LogP contribution in [0.5, 0.6) is 0 Å². The summed E-state index contributed by atoms with van der Waals surface area (Å²) in [5.74, 6) is 0. The Morgan fingerprint density at radius 1 is 1.06 bits per heavy atom. The van der Waals surface area contributed by atoms with Crippen molar-refractivity contribution in [2.45, 2.75) is 0 Å². The van der Waals surface area contributed by atoms with Gasteiger partial charge in [-0.2, -0.15) is 0 Å². The highest BCUT2D eigenvalue weighted by Crippen LogP contribution is 2.13. The molecule has 1 aromatic heterocycles. The van der Waals surface area contributed by atoms with Gasteiger partial charge < -0.3 is 4.90 Å². The minimum Gasteiger partial charge on any atom is -0.378 e. The molecule has 0 saturated carbocycles. The fourth-order valence-corrected chi connectivity index (χ4v) is 1.60. The van der Waals surface area contributed by atoms with E-state index in [0.29, 0.717) is 0 Å². The quantitative estimate of drug-likeness (QED) is 0.766. The molecule has 3 nitrogen and oxygen atoms in total. The number of anilines is 1. The molecule has 1 heterocycles. The third-order valence-electron chi connectivity index (χ3n) is 2.73. The van der Waals surface area contributed by atoms with Crippen LogP contribution in [0.1, 0.15) is 11.3 Å². The Labute approximate surface area is 108 Å². The van der Waals surface area contributed by atoms with Crippen LogP contribution >= 0.6 is 0 Å². The smallest absolute Gasteiger partial charge is 0.286 e. The van der Waals surface area contributed by atoms with E-state index in [9.17, 15) is 0 Å². The molecule has 2 aromatic rings. The normalized spacial score (nSPS) is 10.8. The maximum absolute atomic E-state index is 4.31. The fourth-order valence-electron chi connectivity index (χ4n) is 1.60. The second-order valence-corrected chi connectivity index (χ2v) is 4.47. The van der Waals surface area contributed by atoms with E-state index in [-0.39, 0.29) is 0 Å². The molecule has 2 rings (SSSR count). The van der Waals surface area contributed by atoms with Gasteiger partial charge in [0.1, 0.15) is 0 Å². The predicted octanol–water partition coefficient (Wildman–Crippen LogP) is 2.14. The Kier molecular flexibility index (Phi) is 3.72. The molecule has 18 heavy (non-hydrogen) atoms. The Morgan fingerprint density at radius 3 is 2.33 bits per heavy atom. The van der Waals surface area contributed by atoms with Crippen LogP contribution in [0.4, 0.5) is 5.69 Å². The van der Waals surface area contributed by atoms with Crippen LogP contribution in [-0.4, -0.2) is 19.1 Å². The van der Waals surface area contributed by atoms with Gasteiger partial charge in [0.15, 0.2) is 5.69 Å². The number of hydrogen-bond donors (Lipinski definition) is 0. The molecule has 0 aliphatic carbocycles. The van der Waals surface area contributed by atoms with Crippen molar-refractivity contribution in [1.82, 2.24) is 4.98 Å². The van der Waals surface area contributed by atoms with Crippen molar-refractivity contribution in [3.63, 3.8) is 0 Å². The van der Waals surface area contributed by atoms with Crippen molar-refractivity contribution in [3.05, 3.63) is 54.1 Å². The molecule has 0 saturated heterocycles. The van der Waals surface area contributed by atoms with Crippen molar-refractivity contribution in [2.24, 2.45) is 7.05 Å². The van der Waals surface area contributed by atoms with Crippen LogP contribution in [0.2, 0.25) is 0 Å². The first-order chi connectivity index (χ1) is 8.65. The predicted molar refractivity (Wildman–Crippen MR) is 75.1 cm³/mol. The van der Waals surface area contributed by atoms with E-state index in [1.54, 1.807) is 6.33 Å². The summed E-state index contributed by atoms with van der Waals surface area (Å²) in [4.78, 5) is 6.40. The summed E-state index contributed by atoms with van der Waals surface area (Å²) in [6, 6.07) is 10.4. The molecule has 0 amide bonds. The van der Waals surface area contributed by atoms with Crippen LogP contribution in [0.15, 0.2) is 42.9 Å². The van der Waals surface area contributed by atoms with Gasteiger partial charge in [-0.05, 0) is 28.8 Å². The number of aryl methyl sites for hydroxylation is 1. The molecule has 0 bridgehead atoms. The van der Waals surface area contributed by atoms with Gasteiger partial charge in [-0.3, -0.25) is 0 Å². The molecular formula is C15H18N3+. The van der Waals surface area contributed by atoms with E-state index in [0.717, 1.165) is 5.69 Å². The maximum Gasteiger partial charge on any atom is 0.286 e. The lowest BCUT2D eigenvalue weighted by molar-refractivity contribution is -0.674. The molecule has 0 radical (unpaired) electrons. The van der Waals surface area contributed by atoms with Gasteiger partial charge in [0.05, 0.1) is 13.2 Å². The first-order valence-electron chi connectivity index (χ1n) is 5.92. The van der Waals surface area contributed by atoms with Crippen molar-refractivity contribution in [3.8, 4) is 0 Å². The van der Waals surface area contributed by atoms with Crippen molar-refractivity contribution in [2.75, 3.05) is 19.0 Å². The second kappa shape index (κ2) is 5.45. The van der Waals surface area contributed by atoms with Crippen LogP contribution < -0.4 is 9.47 Å². The van der Waals surface area contributed by atoms with Gasteiger partial charge in [-0.15, -0.1) is 0 Å². The molecule has 1 aromatic carbocycles. The van der Waals surface area contributed by atoms with Crippen molar-refractivity contribution < 1.29 is 4.57 Å². The lowest BCUT2D eigenvalue weighted by Crippen LogP contribution is -2.27. The maximum atomic E-state index is 4.31. The summed E-state index contributed by atoms with van der Waals surface area (Å²) in [5.41, 5.74) is 3.34. The van der Waals surface area contributed by atoms with Crippen LogP contribution in [0.25, 0.3) is 12.2 Å². The lowest BCUT2D eigenvalue weighted by atomic mass is 10.2. The molecule has 0 unspecified atom stereocenters. The molecule has 92 valence electrons. The highest BCUT2D eigenvalue weighted by atomic mass is 15.1. The van der Waals surface area contributed by atoms with E-state index >= 15 is 0 Å². The number of hydrogen-bond acceptors (Lipinski definition) is 2. The average Bonchev–Trinajstić information content (AvgIpc) is 2.38. The summed E-state index contributed by atoms with van der Waals surface area (Å²) < 4.78 is 1.92. The minimum atomic E-state index is 0.963. The summed E-state index contributed by atoms with van der Waals surface area (Å²) in [7, 11) is 6.04. The summed E-state index contributed by atoms with van der Waals surface area (Å²) in [6.07, 6.45) is 7.88. The van der Waals surface area contributed by atoms with Crippen LogP contribution in [0.3, 0.4) is 0 Å². The van der Waals surface area contributed by atoms with Crippen molar-refractivity contribution >= 4 is 17.8 Å². The summed E-state index contributed by atoms with van der Waals surface area (Å²) in [6.45, 7) is 0. The van der Waals surface area contributed by atoms with Gasteiger partial charge in [0.25, 0.3) is 6.33 Å². The largest absolute Gasteiger partial charge is 0.378 e. The summed E-state index contributed by atoms with van der Waals surface area (Å²) in [5, 5.41) is 0. The zero-order valence-electron chi connectivity index (χ0n) is 11.0. The Morgan fingerprint density at radius 2 is 1.78 bits per heavy atom. The minimum absolute atomic E-state index is 0.963. The molecule has 0 aliphatic heterocycles. The average molecular weight is 240 g/mol. The van der Waals surface area contributed by atoms with E-state index < -0.39 is 0 Å². The number of rotatable bonds is 3. The third kappa shape index (κ3) is 3.17. The lowest BCUT2D eigenvalue weighted by Gasteiger charge is -2.11. The van der Waals surface area contributed by atoms with Crippen LogP contribution in [-0.2, 0) is 7.05 Å². The van der Waals surface area contributed by atoms with Gasteiger partial charge in [0, 0.05) is 25.8 Å². The van der Waals surface area contributed by atoms with Crippen molar-refractivity contribution in [1.29, 1.82) is 0 Å². The van der Waals surface area contributed by atoms with Gasteiger partial charge in [-0.25, -0.2) is 4.57 Å². The molecule has 0 aliphatic rings. The van der Waals surface area contributed by atoms with E-state index in [1.165, 1.54) is 11.3 Å². The highest BCUT2D eigenvalue weighted by Gasteiger charge is 1.97. The van der Waals surface area contributed by atoms with E-state index in [4.69, 9.17) is 0 Å². The van der Waals surface area contributed by atoms with E-state index in [2.05, 4.69) is 40.2 Å². The third-order valence-corrected chi connectivity index (χ3v) is 2.73.